The van der Waals surface area contributed by atoms with Gasteiger partial charge in [0.15, 0.2) is 5.82 Å². The standard InChI is InChI=1S/C18H18ClN5/c1-2-24(13-14-8-4-3-5-9-14)18-22-17(12-20-23-18)21-16-11-7-6-10-15(16)19/h3-12H,2,13H2,1H3,(H,21,22,23). The van der Waals surface area contributed by atoms with Gasteiger partial charge in [-0.25, -0.2) is 0 Å². The normalized spacial score (nSPS) is 10.4. The molecule has 1 N–H and O–H groups in total. The first kappa shape index (κ1) is 16.2. The van der Waals surface area contributed by atoms with Gasteiger partial charge in [-0.1, -0.05) is 54.1 Å². The molecule has 0 unspecified atom stereocenters. The molecule has 0 aliphatic heterocycles. The fourth-order valence-corrected chi connectivity index (χ4v) is 2.50. The van der Waals surface area contributed by atoms with Crippen molar-refractivity contribution in [3.05, 3.63) is 71.4 Å². The lowest BCUT2D eigenvalue weighted by Crippen LogP contribution is -2.24. The van der Waals surface area contributed by atoms with Crippen LogP contribution in [0.25, 0.3) is 0 Å². The van der Waals surface area contributed by atoms with E-state index in [2.05, 4.69) is 44.5 Å². The van der Waals surface area contributed by atoms with Crippen LogP contribution in [0.15, 0.2) is 60.8 Å². The average molecular weight is 340 g/mol. The minimum atomic E-state index is 0.582. The summed E-state index contributed by atoms with van der Waals surface area (Å²) in [5, 5.41) is 12.0. The van der Waals surface area contributed by atoms with Gasteiger partial charge in [-0.2, -0.15) is 10.1 Å². The second-order valence-corrected chi connectivity index (χ2v) is 5.65. The molecule has 1 heterocycles. The van der Waals surface area contributed by atoms with Gasteiger partial charge in [-0.15, -0.1) is 5.10 Å². The molecule has 0 aliphatic rings. The summed E-state index contributed by atoms with van der Waals surface area (Å²) in [6, 6.07) is 17.7. The van der Waals surface area contributed by atoms with Crippen LogP contribution in [-0.4, -0.2) is 21.7 Å². The van der Waals surface area contributed by atoms with Crippen LogP contribution in [0.3, 0.4) is 0 Å². The number of para-hydroxylation sites is 1. The lowest BCUT2D eigenvalue weighted by atomic mass is 10.2. The van der Waals surface area contributed by atoms with E-state index in [-0.39, 0.29) is 0 Å². The highest BCUT2D eigenvalue weighted by Crippen LogP contribution is 2.24. The fraction of sp³-hybridized carbons (Fsp3) is 0.167. The van der Waals surface area contributed by atoms with E-state index in [1.807, 2.05) is 42.5 Å². The Morgan fingerprint density at radius 1 is 1.04 bits per heavy atom. The number of nitrogens with one attached hydrogen (secondary N) is 1. The Hall–Kier alpha value is -2.66. The largest absolute Gasteiger partial charge is 0.338 e. The molecular weight excluding hydrogens is 322 g/mol. The van der Waals surface area contributed by atoms with Crippen molar-refractivity contribution in [1.82, 2.24) is 15.2 Å². The lowest BCUT2D eigenvalue weighted by Gasteiger charge is -2.20. The minimum absolute atomic E-state index is 0.582. The highest BCUT2D eigenvalue weighted by atomic mass is 35.5. The van der Waals surface area contributed by atoms with Crippen molar-refractivity contribution in [3.8, 4) is 0 Å². The quantitative estimate of drug-likeness (QED) is 0.725. The zero-order chi connectivity index (χ0) is 16.8. The van der Waals surface area contributed by atoms with Crippen molar-refractivity contribution in [3.63, 3.8) is 0 Å². The summed E-state index contributed by atoms with van der Waals surface area (Å²) < 4.78 is 0. The number of rotatable bonds is 6. The van der Waals surface area contributed by atoms with E-state index in [0.717, 1.165) is 18.8 Å². The number of aromatic nitrogens is 3. The van der Waals surface area contributed by atoms with Crippen molar-refractivity contribution >= 4 is 29.1 Å². The van der Waals surface area contributed by atoms with Gasteiger partial charge in [0.1, 0.15) is 0 Å². The van der Waals surface area contributed by atoms with Crippen LogP contribution in [0, 0.1) is 0 Å². The van der Waals surface area contributed by atoms with Gasteiger partial charge >= 0.3 is 0 Å². The first-order valence-electron chi connectivity index (χ1n) is 7.76. The van der Waals surface area contributed by atoms with Gasteiger partial charge in [0.05, 0.1) is 16.9 Å². The van der Waals surface area contributed by atoms with Crippen molar-refractivity contribution in [1.29, 1.82) is 0 Å². The molecule has 0 saturated heterocycles. The summed E-state index contributed by atoms with van der Waals surface area (Å²) in [7, 11) is 0. The third-order valence-corrected chi connectivity index (χ3v) is 3.89. The second kappa shape index (κ2) is 7.75. The summed E-state index contributed by atoms with van der Waals surface area (Å²) >= 11 is 6.17. The molecule has 0 spiro atoms. The SMILES string of the molecule is CCN(Cc1ccccc1)c1nncc(Nc2ccccc2Cl)n1. The summed E-state index contributed by atoms with van der Waals surface area (Å²) in [4.78, 5) is 6.63. The molecule has 3 aromatic rings. The van der Waals surface area contributed by atoms with Crippen molar-refractivity contribution in [2.45, 2.75) is 13.5 Å². The lowest BCUT2D eigenvalue weighted by molar-refractivity contribution is 0.771. The van der Waals surface area contributed by atoms with Crippen molar-refractivity contribution in [2.24, 2.45) is 0 Å². The topological polar surface area (TPSA) is 53.9 Å². The summed E-state index contributed by atoms with van der Waals surface area (Å²) in [6.07, 6.45) is 1.59. The molecule has 0 aliphatic carbocycles. The predicted molar refractivity (Wildman–Crippen MR) is 97.7 cm³/mol. The number of anilines is 3. The van der Waals surface area contributed by atoms with Crippen LogP contribution >= 0.6 is 11.6 Å². The molecule has 6 heteroatoms. The first-order valence-corrected chi connectivity index (χ1v) is 8.14. The number of hydrogen-bond acceptors (Lipinski definition) is 5. The van der Waals surface area contributed by atoms with E-state index in [4.69, 9.17) is 11.6 Å². The maximum Gasteiger partial charge on any atom is 0.247 e. The molecule has 3 rings (SSSR count). The molecule has 2 aromatic carbocycles. The molecule has 0 radical (unpaired) electrons. The average Bonchev–Trinajstić information content (AvgIpc) is 2.63. The Kier molecular flexibility index (Phi) is 5.23. The van der Waals surface area contributed by atoms with E-state index < -0.39 is 0 Å². The number of hydrogen-bond donors (Lipinski definition) is 1. The van der Waals surface area contributed by atoms with Gasteiger partial charge in [-0.3, -0.25) is 0 Å². The predicted octanol–water partition coefficient (Wildman–Crippen LogP) is 4.30. The summed E-state index contributed by atoms with van der Waals surface area (Å²) in [5.41, 5.74) is 1.99. The molecule has 0 amide bonds. The highest BCUT2D eigenvalue weighted by Gasteiger charge is 2.10. The van der Waals surface area contributed by atoms with Crippen molar-refractivity contribution in [2.75, 3.05) is 16.8 Å². The molecule has 122 valence electrons. The van der Waals surface area contributed by atoms with Crippen LogP contribution in [-0.2, 0) is 6.54 Å². The smallest absolute Gasteiger partial charge is 0.247 e. The zero-order valence-corrected chi connectivity index (χ0v) is 14.1. The number of nitrogens with zero attached hydrogens (tertiary/aromatic N) is 4. The first-order chi connectivity index (χ1) is 11.8. The highest BCUT2D eigenvalue weighted by molar-refractivity contribution is 6.33. The molecule has 0 fully saturated rings. The second-order valence-electron chi connectivity index (χ2n) is 5.25. The van der Waals surface area contributed by atoms with Crippen molar-refractivity contribution < 1.29 is 0 Å². The van der Waals surface area contributed by atoms with Crippen LogP contribution in [0.2, 0.25) is 5.02 Å². The molecule has 0 saturated carbocycles. The Bertz CT molecular complexity index is 794. The maximum absolute atomic E-state index is 6.17. The Morgan fingerprint density at radius 2 is 1.79 bits per heavy atom. The van der Waals surface area contributed by atoms with Crippen LogP contribution < -0.4 is 10.2 Å². The van der Waals surface area contributed by atoms with Gasteiger partial charge in [-0.05, 0) is 24.6 Å². The monoisotopic (exact) mass is 339 g/mol. The van der Waals surface area contributed by atoms with Gasteiger partial charge in [0.25, 0.3) is 0 Å². The Balaban J connectivity index is 1.79. The summed E-state index contributed by atoms with van der Waals surface area (Å²) in [6.45, 7) is 3.58. The van der Waals surface area contributed by atoms with E-state index >= 15 is 0 Å². The van der Waals surface area contributed by atoms with E-state index in [9.17, 15) is 0 Å². The van der Waals surface area contributed by atoms with Crippen LogP contribution in [0.5, 0.6) is 0 Å². The molecular formula is C18H18ClN5. The zero-order valence-electron chi connectivity index (χ0n) is 13.4. The molecule has 1 aromatic heterocycles. The molecule has 0 bridgehead atoms. The Morgan fingerprint density at radius 3 is 2.54 bits per heavy atom. The van der Waals surface area contributed by atoms with Crippen LogP contribution in [0.1, 0.15) is 12.5 Å². The summed E-state index contributed by atoms with van der Waals surface area (Å²) in [5.74, 6) is 1.19. The van der Waals surface area contributed by atoms with Gasteiger partial charge < -0.3 is 10.2 Å². The Labute approximate surface area is 146 Å². The van der Waals surface area contributed by atoms with E-state index in [1.165, 1.54) is 5.56 Å². The van der Waals surface area contributed by atoms with E-state index in [1.54, 1.807) is 6.20 Å². The fourth-order valence-electron chi connectivity index (χ4n) is 2.32. The molecule has 5 nitrogen and oxygen atoms in total. The molecule has 24 heavy (non-hydrogen) atoms. The minimum Gasteiger partial charge on any atom is -0.338 e. The van der Waals surface area contributed by atoms with Crippen LogP contribution in [0.4, 0.5) is 17.5 Å². The third kappa shape index (κ3) is 4.00. The maximum atomic E-state index is 6.17. The van der Waals surface area contributed by atoms with Gasteiger partial charge in [0.2, 0.25) is 5.95 Å². The molecule has 0 atom stereocenters. The number of halogens is 1. The van der Waals surface area contributed by atoms with E-state index in [0.29, 0.717) is 16.8 Å². The van der Waals surface area contributed by atoms with Gasteiger partial charge in [0, 0.05) is 13.1 Å². The third-order valence-electron chi connectivity index (χ3n) is 3.57. The number of benzene rings is 2.